The number of rotatable bonds is 6. The van der Waals surface area contributed by atoms with Crippen LogP contribution in [0.25, 0.3) is 0 Å². The van der Waals surface area contributed by atoms with Crippen molar-refractivity contribution in [2.75, 3.05) is 11.9 Å². The standard InChI is InChI=1S/C14H18FN5.ClH/c1-2-3-8-17-14-18-9-12(19-20-14)13(16)10-4-6-11(15)7-5-10;/h4-7,9,13H,2-3,8,16H2,1H3,(H,17,18,20);1H. The highest BCUT2D eigenvalue weighted by atomic mass is 35.5. The Balaban J connectivity index is 0.00000220. The van der Waals surface area contributed by atoms with E-state index in [2.05, 4.69) is 27.4 Å². The third-order valence-electron chi connectivity index (χ3n) is 2.94. The molecule has 0 aliphatic carbocycles. The number of halogens is 2. The number of nitrogens with two attached hydrogens (primary N) is 1. The molecule has 1 heterocycles. The Morgan fingerprint density at radius 1 is 1.24 bits per heavy atom. The average Bonchev–Trinajstić information content (AvgIpc) is 2.48. The summed E-state index contributed by atoms with van der Waals surface area (Å²) in [7, 11) is 0. The topological polar surface area (TPSA) is 76.7 Å². The maximum Gasteiger partial charge on any atom is 0.242 e. The van der Waals surface area contributed by atoms with Crippen LogP contribution in [0, 0.1) is 5.82 Å². The van der Waals surface area contributed by atoms with Gasteiger partial charge in [-0.3, -0.25) is 0 Å². The van der Waals surface area contributed by atoms with Gasteiger partial charge in [-0.15, -0.1) is 22.6 Å². The van der Waals surface area contributed by atoms with Crippen molar-refractivity contribution in [2.24, 2.45) is 5.73 Å². The third kappa shape index (κ3) is 4.91. The van der Waals surface area contributed by atoms with Gasteiger partial charge in [0.1, 0.15) is 11.5 Å². The largest absolute Gasteiger partial charge is 0.353 e. The van der Waals surface area contributed by atoms with E-state index in [-0.39, 0.29) is 18.2 Å². The summed E-state index contributed by atoms with van der Waals surface area (Å²) in [5.74, 6) is 0.203. The van der Waals surface area contributed by atoms with Gasteiger partial charge in [-0.2, -0.15) is 0 Å². The van der Waals surface area contributed by atoms with E-state index in [4.69, 9.17) is 5.73 Å². The number of hydrogen-bond donors (Lipinski definition) is 2. The fraction of sp³-hybridized carbons (Fsp3) is 0.357. The minimum absolute atomic E-state index is 0. The van der Waals surface area contributed by atoms with E-state index < -0.39 is 6.04 Å². The van der Waals surface area contributed by atoms with Crippen molar-refractivity contribution in [2.45, 2.75) is 25.8 Å². The van der Waals surface area contributed by atoms with Crippen molar-refractivity contribution < 1.29 is 4.39 Å². The molecule has 1 unspecified atom stereocenters. The predicted octanol–water partition coefficient (Wildman–Crippen LogP) is 2.69. The first kappa shape index (κ1) is 17.3. The van der Waals surface area contributed by atoms with Crippen LogP contribution in [0.1, 0.15) is 37.1 Å². The maximum absolute atomic E-state index is 12.9. The molecule has 1 aromatic carbocycles. The molecule has 0 aliphatic rings. The number of aromatic nitrogens is 3. The Labute approximate surface area is 129 Å². The minimum Gasteiger partial charge on any atom is -0.353 e. The van der Waals surface area contributed by atoms with Crippen molar-refractivity contribution in [3.8, 4) is 0 Å². The maximum atomic E-state index is 12.9. The second kappa shape index (κ2) is 8.49. The normalized spacial score (nSPS) is 11.6. The third-order valence-corrected chi connectivity index (χ3v) is 2.94. The molecule has 0 fully saturated rings. The molecule has 0 amide bonds. The van der Waals surface area contributed by atoms with Crippen LogP contribution >= 0.6 is 12.4 Å². The number of nitrogens with zero attached hydrogens (tertiary/aromatic N) is 3. The Morgan fingerprint density at radius 2 is 1.95 bits per heavy atom. The van der Waals surface area contributed by atoms with Crippen LogP contribution in [-0.2, 0) is 0 Å². The van der Waals surface area contributed by atoms with Crippen LogP contribution in [0.15, 0.2) is 30.5 Å². The zero-order chi connectivity index (χ0) is 14.4. The Morgan fingerprint density at radius 3 is 2.52 bits per heavy atom. The van der Waals surface area contributed by atoms with E-state index in [1.54, 1.807) is 18.3 Å². The van der Waals surface area contributed by atoms with Gasteiger partial charge in [0.2, 0.25) is 5.95 Å². The number of anilines is 1. The van der Waals surface area contributed by atoms with Gasteiger partial charge >= 0.3 is 0 Å². The number of nitrogens with one attached hydrogen (secondary N) is 1. The lowest BCUT2D eigenvalue weighted by Gasteiger charge is -2.11. The van der Waals surface area contributed by atoms with Crippen molar-refractivity contribution in [1.29, 1.82) is 0 Å². The van der Waals surface area contributed by atoms with Crippen LogP contribution in [0.3, 0.4) is 0 Å². The number of benzene rings is 1. The SMILES string of the molecule is CCCCNc1ncc(C(N)c2ccc(F)cc2)nn1.Cl. The first-order chi connectivity index (χ1) is 9.70. The molecule has 2 aromatic rings. The monoisotopic (exact) mass is 311 g/mol. The van der Waals surface area contributed by atoms with E-state index in [1.807, 2.05) is 0 Å². The summed E-state index contributed by atoms with van der Waals surface area (Å²) >= 11 is 0. The van der Waals surface area contributed by atoms with E-state index in [9.17, 15) is 4.39 Å². The lowest BCUT2D eigenvalue weighted by Crippen LogP contribution is -2.16. The molecule has 5 nitrogen and oxygen atoms in total. The van der Waals surface area contributed by atoms with Gasteiger partial charge in [0, 0.05) is 6.54 Å². The quantitative estimate of drug-likeness (QED) is 0.802. The van der Waals surface area contributed by atoms with Gasteiger partial charge in [0.15, 0.2) is 0 Å². The first-order valence-electron chi connectivity index (χ1n) is 6.65. The molecule has 1 atom stereocenters. The van der Waals surface area contributed by atoms with E-state index in [0.717, 1.165) is 24.9 Å². The van der Waals surface area contributed by atoms with Gasteiger partial charge in [-0.05, 0) is 24.1 Å². The lowest BCUT2D eigenvalue weighted by atomic mass is 10.1. The van der Waals surface area contributed by atoms with Crippen molar-refractivity contribution in [1.82, 2.24) is 15.2 Å². The molecule has 7 heteroatoms. The fourth-order valence-corrected chi connectivity index (χ4v) is 1.73. The molecular weight excluding hydrogens is 293 g/mol. The highest BCUT2D eigenvalue weighted by molar-refractivity contribution is 5.85. The second-order valence-electron chi connectivity index (χ2n) is 4.52. The smallest absolute Gasteiger partial charge is 0.242 e. The fourth-order valence-electron chi connectivity index (χ4n) is 1.73. The average molecular weight is 312 g/mol. The summed E-state index contributed by atoms with van der Waals surface area (Å²) in [5.41, 5.74) is 7.38. The van der Waals surface area contributed by atoms with E-state index in [1.165, 1.54) is 12.1 Å². The Hall–Kier alpha value is -1.79. The predicted molar refractivity (Wildman–Crippen MR) is 82.9 cm³/mol. The molecule has 1 aromatic heterocycles. The molecule has 0 saturated heterocycles. The van der Waals surface area contributed by atoms with Gasteiger partial charge < -0.3 is 11.1 Å². The highest BCUT2D eigenvalue weighted by Gasteiger charge is 2.11. The van der Waals surface area contributed by atoms with Gasteiger partial charge in [0.05, 0.1) is 12.2 Å². The minimum atomic E-state index is -0.458. The first-order valence-corrected chi connectivity index (χ1v) is 6.65. The van der Waals surface area contributed by atoms with Gasteiger partial charge in [-0.1, -0.05) is 25.5 Å². The van der Waals surface area contributed by atoms with Crippen molar-refractivity contribution >= 4 is 18.4 Å². The van der Waals surface area contributed by atoms with E-state index >= 15 is 0 Å². The van der Waals surface area contributed by atoms with Crippen LogP contribution in [0.4, 0.5) is 10.3 Å². The molecule has 0 bridgehead atoms. The molecule has 0 saturated carbocycles. The number of unbranched alkanes of at least 4 members (excludes halogenated alkanes) is 1. The van der Waals surface area contributed by atoms with Crippen LogP contribution in [-0.4, -0.2) is 21.7 Å². The van der Waals surface area contributed by atoms with Crippen molar-refractivity contribution in [3.63, 3.8) is 0 Å². The summed E-state index contributed by atoms with van der Waals surface area (Å²) in [6.07, 6.45) is 3.75. The summed E-state index contributed by atoms with van der Waals surface area (Å²) in [6, 6.07) is 5.55. The molecule has 114 valence electrons. The Bertz CT molecular complexity index is 532. The highest BCUT2D eigenvalue weighted by Crippen LogP contribution is 2.17. The molecule has 3 N–H and O–H groups in total. The Kier molecular flexibility index (Phi) is 6.98. The van der Waals surface area contributed by atoms with Gasteiger partial charge in [0.25, 0.3) is 0 Å². The summed E-state index contributed by atoms with van der Waals surface area (Å²) in [6.45, 7) is 2.94. The molecular formula is C14H19ClFN5. The molecule has 2 rings (SSSR count). The summed E-state index contributed by atoms with van der Waals surface area (Å²) in [5, 5.41) is 11.1. The van der Waals surface area contributed by atoms with Crippen LogP contribution < -0.4 is 11.1 Å². The van der Waals surface area contributed by atoms with Gasteiger partial charge in [-0.25, -0.2) is 9.37 Å². The summed E-state index contributed by atoms with van der Waals surface area (Å²) < 4.78 is 12.9. The molecule has 0 spiro atoms. The van der Waals surface area contributed by atoms with Crippen LogP contribution in [0.2, 0.25) is 0 Å². The summed E-state index contributed by atoms with van der Waals surface area (Å²) in [4.78, 5) is 4.18. The lowest BCUT2D eigenvalue weighted by molar-refractivity contribution is 0.626. The zero-order valence-electron chi connectivity index (χ0n) is 11.8. The molecule has 0 radical (unpaired) electrons. The van der Waals surface area contributed by atoms with E-state index in [0.29, 0.717) is 11.6 Å². The van der Waals surface area contributed by atoms with Crippen LogP contribution in [0.5, 0.6) is 0 Å². The molecule has 0 aliphatic heterocycles. The molecule has 21 heavy (non-hydrogen) atoms. The second-order valence-corrected chi connectivity index (χ2v) is 4.52. The number of hydrogen-bond acceptors (Lipinski definition) is 5. The zero-order valence-corrected chi connectivity index (χ0v) is 12.6. The van der Waals surface area contributed by atoms with Crippen molar-refractivity contribution in [3.05, 3.63) is 47.5 Å².